The number of carbonyl (C=O) groups excluding carboxylic acids is 1. The summed E-state index contributed by atoms with van der Waals surface area (Å²) in [5.41, 5.74) is 0.962. The largest absolute Gasteiger partial charge is 0.508 e. The van der Waals surface area contributed by atoms with Gasteiger partial charge in [0.15, 0.2) is 0 Å². The minimum Gasteiger partial charge on any atom is -0.508 e. The second kappa shape index (κ2) is 6.37. The van der Waals surface area contributed by atoms with Gasteiger partial charge in [0.1, 0.15) is 5.75 Å². The summed E-state index contributed by atoms with van der Waals surface area (Å²) in [5.74, 6) is 0.212. The van der Waals surface area contributed by atoms with E-state index in [4.69, 9.17) is 9.84 Å². The third kappa shape index (κ3) is 4.01. The number of hydrogen-bond acceptors (Lipinski definition) is 4. The fourth-order valence-electron chi connectivity index (χ4n) is 1.84. The second-order valence-electron chi connectivity index (χ2n) is 4.34. The van der Waals surface area contributed by atoms with Crippen molar-refractivity contribution in [1.82, 2.24) is 10.6 Å². The van der Waals surface area contributed by atoms with Gasteiger partial charge in [-0.15, -0.1) is 0 Å². The van der Waals surface area contributed by atoms with Gasteiger partial charge in [0.25, 0.3) is 0 Å². The molecule has 1 aromatic carbocycles. The SMILES string of the molecule is O=C(CC1CNCCO1)NCc1ccc(O)cc1. The van der Waals surface area contributed by atoms with Crippen LogP contribution in [0.2, 0.25) is 0 Å². The molecule has 5 heteroatoms. The average Bonchev–Trinajstić information content (AvgIpc) is 2.39. The Morgan fingerprint density at radius 2 is 2.22 bits per heavy atom. The lowest BCUT2D eigenvalue weighted by atomic mass is 10.2. The number of benzene rings is 1. The Morgan fingerprint density at radius 3 is 2.89 bits per heavy atom. The van der Waals surface area contributed by atoms with E-state index in [-0.39, 0.29) is 17.8 Å². The van der Waals surface area contributed by atoms with E-state index in [1.807, 2.05) is 0 Å². The van der Waals surface area contributed by atoms with Gasteiger partial charge in [-0.25, -0.2) is 0 Å². The molecule has 1 aliphatic heterocycles. The van der Waals surface area contributed by atoms with Crippen LogP contribution in [0.5, 0.6) is 5.75 Å². The molecule has 98 valence electrons. The molecule has 3 N–H and O–H groups in total. The van der Waals surface area contributed by atoms with Gasteiger partial charge in [0, 0.05) is 19.6 Å². The third-order valence-electron chi connectivity index (χ3n) is 2.84. The fraction of sp³-hybridized carbons (Fsp3) is 0.462. The lowest BCUT2D eigenvalue weighted by molar-refractivity contribution is -0.124. The van der Waals surface area contributed by atoms with Gasteiger partial charge in [-0.2, -0.15) is 0 Å². The minimum absolute atomic E-state index is 0.0169. The first kappa shape index (κ1) is 12.9. The molecule has 1 unspecified atom stereocenters. The molecule has 1 aliphatic rings. The molecule has 1 saturated heterocycles. The van der Waals surface area contributed by atoms with Gasteiger partial charge in [0.2, 0.25) is 5.91 Å². The molecule has 18 heavy (non-hydrogen) atoms. The monoisotopic (exact) mass is 250 g/mol. The van der Waals surface area contributed by atoms with Gasteiger partial charge < -0.3 is 20.5 Å². The Hall–Kier alpha value is -1.59. The molecule has 5 nitrogen and oxygen atoms in total. The number of amides is 1. The molecule has 2 rings (SSSR count). The Balaban J connectivity index is 1.72. The van der Waals surface area contributed by atoms with Crippen LogP contribution in [-0.2, 0) is 16.1 Å². The average molecular weight is 250 g/mol. The third-order valence-corrected chi connectivity index (χ3v) is 2.84. The molecule has 0 radical (unpaired) electrons. The maximum Gasteiger partial charge on any atom is 0.222 e. The number of rotatable bonds is 4. The normalized spacial score (nSPS) is 19.4. The first-order valence-electron chi connectivity index (χ1n) is 6.11. The first-order valence-corrected chi connectivity index (χ1v) is 6.11. The zero-order chi connectivity index (χ0) is 12.8. The van der Waals surface area contributed by atoms with Crippen LogP contribution < -0.4 is 10.6 Å². The van der Waals surface area contributed by atoms with E-state index in [1.165, 1.54) is 0 Å². The minimum atomic E-state index is -0.0291. The number of phenolic OH excluding ortho intramolecular Hbond substituents is 1. The maximum atomic E-state index is 11.7. The van der Waals surface area contributed by atoms with Crippen LogP contribution in [-0.4, -0.2) is 36.8 Å². The van der Waals surface area contributed by atoms with Crippen LogP contribution >= 0.6 is 0 Å². The molecule has 0 spiro atoms. The van der Waals surface area contributed by atoms with Gasteiger partial charge >= 0.3 is 0 Å². The van der Waals surface area contributed by atoms with Crippen LogP contribution in [0.15, 0.2) is 24.3 Å². The summed E-state index contributed by atoms with van der Waals surface area (Å²) in [6.45, 7) is 2.72. The number of aromatic hydroxyl groups is 1. The molecule has 0 bridgehead atoms. The maximum absolute atomic E-state index is 11.7. The lowest BCUT2D eigenvalue weighted by Gasteiger charge is -2.23. The summed E-state index contributed by atoms with van der Waals surface area (Å²) >= 11 is 0. The van der Waals surface area contributed by atoms with E-state index in [0.717, 1.165) is 18.7 Å². The molecule has 1 fully saturated rings. The van der Waals surface area contributed by atoms with Crippen molar-refractivity contribution < 1.29 is 14.6 Å². The molecular weight excluding hydrogens is 232 g/mol. The fourth-order valence-corrected chi connectivity index (χ4v) is 1.84. The zero-order valence-electron chi connectivity index (χ0n) is 10.2. The van der Waals surface area contributed by atoms with E-state index in [0.29, 0.717) is 19.6 Å². The van der Waals surface area contributed by atoms with Crippen molar-refractivity contribution in [2.75, 3.05) is 19.7 Å². The predicted octanol–water partition coefficient (Wildman–Crippen LogP) is 0.387. The number of carbonyl (C=O) groups is 1. The highest BCUT2D eigenvalue weighted by Crippen LogP contribution is 2.09. The molecule has 0 saturated carbocycles. The van der Waals surface area contributed by atoms with Crippen LogP contribution in [0, 0.1) is 0 Å². The molecule has 1 amide bonds. The summed E-state index contributed by atoms with van der Waals surface area (Å²) < 4.78 is 5.46. The van der Waals surface area contributed by atoms with Crippen molar-refractivity contribution in [1.29, 1.82) is 0 Å². The Labute approximate surface area is 106 Å². The Morgan fingerprint density at radius 1 is 1.44 bits per heavy atom. The van der Waals surface area contributed by atoms with Crippen LogP contribution in [0.3, 0.4) is 0 Å². The number of phenols is 1. The summed E-state index contributed by atoms with van der Waals surface area (Å²) in [6, 6.07) is 6.79. The number of nitrogens with one attached hydrogen (secondary N) is 2. The highest BCUT2D eigenvalue weighted by atomic mass is 16.5. The van der Waals surface area contributed by atoms with Crippen LogP contribution in [0.4, 0.5) is 0 Å². The Kier molecular flexibility index (Phi) is 4.55. The van der Waals surface area contributed by atoms with Crippen LogP contribution in [0.1, 0.15) is 12.0 Å². The van der Waals surface area contributed by atoms with E-state index < -0.39 is 0 Å². The van der Waals surface area contributed by atoms with E-state index in [1.54, 1.807) is 24.3 Å². The lowest BCUT2D eigenvalue weighted by Crippen LogP contribution is -2.41. The standard InChI is InChI=1S/C13H18N2O3/c16-11-3-1-10(2-4-11)8-15-13(17)7-12-9-14-5-6-18-12/h1-4,12,14,16H,5-9H2,(H,15,17). The summed E-state index contributed by atoms with van der Waals surface area (Å²) in [7, 11) is 0. The first-order chi connectivity index (χ1) is 8.74. The number of ether oxygens (including phenoxy) is 1. The number of hydrogen-bond donors (Lipinski definition) is 3. The van der Waals surface area contributed by atoms with Crippen molar-refractivity contribution in [2.45, 2.75) is 19.1 Å². The highest BCUT2D eigenvalue weighted by molar-refractivity contribution is 5.76. The quantitative estimate of drug-likeness (QED) is 0.723. The number of morpholine rings is 1. The van der Waals surface area contributed by atoms with Crippen molar-refractivity contribution >= 4 is 5.91 Å². The molecule has 1 atom stereocenters. The van der Waals surface area contributed by atoms with Crippen molar-refractivity contribution in [3.05, 3.63) is 29.8 Å². The molecule has 0 aliphatic carbocycles. The summed E-state index contributed by atoms with van der Waals surface area (Å²) in [6.07, 6.45) is 0.351. The van der Waals surface area contributed by atoms with Crippen molar-refractivity contribution in [2.24, 2.45) is 0 Å². The zero-order valence-corrected chi connectivity index (χ0v) is 10.2. The van der Waals surface area contributed by atoms with E-state index >= 15 is 0 Å². The summed E-state index contributed by atoms with van der Waals surface area (Å²) in [4.78, 5) is 11.7. The highest BCUT2D eigenvalue weighted by Gasteiger charge is 2.16. The molecular formula is C13H18N2O3. The second-order valence-corrected chi connectivity index (χ2v) is 4.34. The van der Waals surface area contributed by atoms with E-state index in [9.17, 15) is 4.79 Å². The van der Waals surface area contributed by atoms with Gasteiger partial charge in [0.05, 0.1) is 19.1 Å². The molecule has 1 aromatic rings. The predicted molar refractivity (Wildman–Crippen MR) is 67.2 cm³/mol. The van der Waals surface area contributed by atoms with Gasteiger partial charge in [-0.3, -0.25) is 4.79 Å². The van der Waals surface area contributed by atoms with Gasteiger partial charge in [-0.1, -0.05) is 12.1 Å². The van der Waals surface area contributed by atoms with Crippen molar-refractivity contribution in [3.63, 3.8) is 0 Å². The topological polar surface area (TPSA) is 70.6 Å². The van der Waals surface area contributed by atoms with E-state index in [2.05, 4.69) is 10.6 Å². The van der Waals surface area contributed by atoms with Gasteiger partial charge in [-0.05, 0) is 17.7 Å². The Bertz CT molecular complexity index is 386. The van der Waals surface area contributed by atoms with Crippen LogP contribution in [0.25, 0.3) is 0 Å². The van der Waals surface area contributed by atoms with Crippen molar-refractivity contribution in [3.8, 4) is 5.75 Å². The summed E-state index contributed by atoms with van der Waals surface area (Å²) in [5, 5.41) is 15.2. The smallest absolute Gasteiger partial charge is 0.222 e. The molecule has 0 aromatic heterocycles. The molecule has 1 heterocycles.